The number of benzene rings is 6. The molecule has 2 aliphatic carbocycles. The highest BCUT2D eigenvalue weighted by atomic mass is 16.5. The number of anilines is 1. The Bertz CT molecular complexity index is 2910. The van der Waals surface area contributed by atoms with Crippen molar-refractivity contribution < 1.29 is 48.5 Å². The first-order valence-corrected chi connectivity index (χ1v) is 21.3. The van der Waals surface area contributed by atoms with Gasteiger partial charge in [0.1, 0.15) is 11.6 Å². The first kappa shape index (κ1) is 41.3. The van der Waals surface area contributed by atoms with E-state index in [2.05, 4.69) is 5.32 Å². The highest BCUT2D eigenvalue weighted by Crippen LogP contribution is 2.57. The summed E-state index contributed by atoms with van der Waals surface area (Å²) >= 11 is 0. The molecule has 2 aliphatic heterocycles. The second-order valence-corrected chi connectivity index (χ2v) is 17.0. The van der Waals surface area contributed by atoms with Crippen molar-refractivity contribution in [1.82, 2.24) is 5.32 Å². The molecule has 10 rings (SSSR count). The summed E-state index contributed by atoms with van der Waals surface area (Å²) in [5.74, 6) is -8.78. The maximum Gasteiger partial charge on any atom is 0.197 e. The summed E-state index contributed by atoms with van der Waals surface area (Å²) in [6.45, 7) is -0.171. The summed E-state index contributed by atoms with van der Waals surface area (Å²) in [4.78, 5) is 93.2. The van der Waals surface area contributed by atoms with Crippen LogP contribution in [0.5, 0.6) is 23.0 Å². The molecule has 2 spiro atoms. The first-order chi connectivity index (χ1) is 31.5. The Hall–Kier alpha value is -7.70. The van der Waals surface area contributed by atoms with E-state index in [-0.39, 0.29) is 51.8 Å². The van der Waals surface area contributed by atoms with Crippen LogP contribution in [0.15, 0.2) is 146 Å². The van der Waals surface area contributed by atoms with E-state index in [0.29, 0.717) is 22.4 Å². The fourth-order valence-corrected chi connectivity index (χ4v) is 11.2. The molecule has 5 unspecified atom stereocenters. The largest absolute Gasteiger partial charge is 0.504 e. The molecule has 0 saturated carbocycles. The van der Waals surface area contributed by atoms with Gasteiger partial charge in [0, 0.05) is 58.3 Å². The van der Waals surface area contributed by atoms with Crippen LogP contribution in [-0.4, -0.2) is 76.8 Å². The second-order valence-electron chi connectivity index (χ2n) is 17.0. The second kappa shape index (κ2) is 15.5. The van der Waals surface area contributed by atoms with Crippen molar-refractivity contribution in [3.05, 3.63) is 185 Å². The Morgan fingerprint density at radius 1 is 0.600 bits per heavy atom. The number of phenolic OH excluding ortho intramolecular Hbond substituents is 2. The zero-order chi connectivity index (χ0) is 45.4. The fourth-order valence-electron chi connectivity index (χ4n) is 11.2. The van der Waals surface area contributed by atoms with Crippen LogP contribution in [0.4, 0.5) is 5.69 Å². The molecule has 12 heteroatoms. The average molecular weight is 867 g/mol. The number of ether oxygens (including phenoxy) is 2. The number of ketones is 6. The minimum Gasteiger partial charge on any atom is -0.504 e. The standard InChI is InChI=1S/C53H42N2O10/c1-64-42-24-22-30(25-40(42)58)44-46(52(54-47(44)29-13-5-3-6-14-29)48(60)33-17-9-10-18-34(33)49(52)61)41(59)27-39(57)37-28-55(32-15-7-4-8-16-32)53(45(37)31-21-23-38(56)43(26-31)65-2)50(62)35-19-11-12-20-36(35)51(53)63/h3-26,37,44-47,54,56,58H,27-28H2,1-2H3. The third kappa shape index (κ3) is 5.93. The van der Waals surface area contributed by atoms with Crippen molar-refractivity contribution in [3.8, 4) is 23.0 Å². The molecular weight excluding hydrogens is 825 g/mol. The zero-order valence-electron chi connectivity index (χ0n) is 35.3. The molecule has 3 N–H and O–H groups in total. The van der Waals surface area contributed by atoms with Gasteiger partial charge >= 0.3 is 0 Å². The lowest BCUT2D eigenvalue weighted by Crippen LogP contribution is -2.57. The maximum atomic E-state index is 15.7. The number of methoxy groups -OCH3 is 2. The average Bonchev–Trinajstić information content (AvgIpc) is 4.02. The summed E-state index contributed by atoms with van der Waals surface area (Å²) < 4.78 is 10.9. The quantitative estimate of drug-likeness (QED) is 0.118. The Morgan fingerprint density at radius 2 is 1.14 bits per heavy atom. The molecule has 12 nitrogen and oxygen atoms in total. The van der Waals surface area contributed by atoms with Crippen molar-refractivity contribution in [1.29, 1.82) is 0 Å². The molecule has 4 aliphatic rings. The molecule has 65 heavy (non-hydrogen) atoms. The fraction of sp³-hybridized carbons (Fsp3) is 0.208. The first-order valence-electron chi connectivity index (χ1n) is 21.3. The number of carbonyl (C=O) groups is 6. The van der Waals surface area contributed by atoms with Crippen LogP contribution in [0, 0.1) is 11.8 Å². The van der Waals surface area contributed by atoms with E-state index in [4.69, 9.17) is 9.47 Å². The topological polar surface area (TPSA) is 177 Å². The molecule has 0 amide bonds. The van der Waals surface area contributed by atoms with Gasteiger partial charge in [0.05, 0.1) is 26.6 Å². The number of phenols is 2. The highest BCUT2D eigenvalue weighted by molar-refractivity contribution is 6.37. The predicted octanol–water partition coefficient (Wildman–Crippen LogP) is 7.24. The van der Waals surface area contributed by atoms with Crippen LogP contribution in [0.3, 0.4) is 0 Å². The molecule has 0 radical (unpaired) electrons. The van der Waals surface area contributed by atoms with Gasteiger partial charge in [-0.15, -0.1) is 0 Å². The van der Waals surface area contributed by atoms with E-state index in [1.165, 1.54) is 38.5 Å². The normalized spacial score (nSPS) is 22.4. The van der Waals surface area contributed by atoms with Crippen molar-refractivity contribution in [2.24, 2.45) is 11.8 Å². The van der Waals surface area contributed by atoms with Crippen molar-refractivity contribution in [2.45, 2.75) is 35.4 Å². The van der Waals surface area contributed by atoms with E-state index in [9.17, 15) is 19.8 Å². The number of nitrogens with one attached hydrogen (secondary N) is 1. The Kier molecular flexibility index (Phi) is 9.87. The Morgan fingerprint density at radius 3 is 1.71 bits per heavy atom. The molecule has 0 aromatic heterocycles. The van der Waals surface area contributed by atoms with Gasteiger partial charge in [-0.05, 0) is 53.1 Å². The van der Waals surface area contributed by atoms with E-state index in [1.807, 2.05) is 18.2 Å². The number of Topliss-reactive ketones (excluding diaryl/α,β-unsaturated/α-hetero) is 6. The van der Waals surface area contributed by atoms with Crippen LogP contribution in [0.2, 0.25) is 0 Å². The van der Waals surface area contributed by atoms with Gasteiger partial charge < -0.3 is 24.6 Å². The van der Waals surface area contributed by atoms with Gasteiger partial charge in [-0.25, -0.2) is 0 Å². The lowest BCUT2D eigenvalue weighted by molar-refractivity contribution is -0.132. The van der Waals surface area contributed by atoms with E-state index >= 15 is 19.2 Å². The number of rotatable bonds is 10. The lowest BCUT2D eigenvalue weighted by Gasteiger charge is -2.38. The van der Waals surface area contributed by atoms with Gasteiger partial charge in [0.2, 0.25) is 0 Å². The molecule has 2 saturated heterocycles. The minimum atomic E-state index is -2.16. The molecule has 2 heterocycles. The summed E-state index contributed by atoms with van der Waals surface area (Å²) in [5, 5.41) is 25.2. The number of fused-ring (bicyclic) bond motifs is 2. The molecule has 5 atom stereocenters. The number of carbonyl (C=O) groups excluding carboxylic acids is 6. The Labute approximate surface area is 373 Å². The zero-order valence-corrected chi connectivity index (χ0v) is 35.3. The monoisotopic (exact) mass is 866 g/mol. The van der Waals surface area contributed by atoms with Crippen molar-refractivity contribution >= 4 is 40.4 Å². The third-order valence-electron chi connectivity index (χ3n) is 14.0. The number of hydrogen-bond acceptors (Lipinski definition) is 12. The molecule has 6 aromatic rings. The number of nitrogens with zero attached hydrogens (tertiary/aromatic N) is 1. The van der Waals surface area contributed by atoms with E-state index < -0.39 is 81.9 Å². The molecule has 2 fully saturated rings. The number of aromatic hydroxyl groups is 2. The molecule has 324 valence electrons. The van der Waals surface area contributed by atoms with Crippen molar-refractivity contribution in [3.63, 3.8) is 0 Å². The Balaban J connectivity index is 1.14. The van der Waals surface area contributed by atoms with Gasteiger partial charge in [0.15, 0.2) is 57.2 Å². The van der Waals surface area contributed by atoms with Crippen LogP contribution >= 0.6 is 0 Å². The number of hydrogen-bond donors (Lipinski definition) is 3. The van der Waals surface area contributed by atoms with Gasteiger partial charge in [0.25, 0.3) is 0 Å². The molecule has 6 aromatic carbocycles. The predicted molar refractivity (Wildman–Crippen MR) is 238 cm³/mol. The lowest BCUT2D eigenvalue weighted by atomic mass is 9.67. The van der Waals surface area contributed by atoms with E-state index in [0.717, 1.165) is 0 Å². The minimum absolute atomic E-state index is 0.0443. The van der Waals surface area contributed by atoms with Gasteiger partial charge in [-0.2, -0.15) is 0 Å². The van der Waals surface area contributed by atoms with E-state index in [1.54, 1.807) is 108 Å². The van der Waals surface area contributed by atoms with Crippen LogP contribution in [0.1, 0.15) is 82.4 Å². The van der Waals surface area contributed by atoms with Crippen LogP contribution in [0.25, 0.3) is 0 Å². The van der Waals surface area contributed by atoms with Gasteiger partial charge in [-0.3, -0.25) is 34.1 Å². The summed E-state index contributed by atoms with van der Waals surface area (Å²) in [5.41, 5.74) is -1.63. The summed E-state index contributed by atoms with van der Waals surface area (Å²) in [6, 6.07) is 39.0. The molecule has 0 bridgehead atoms. The third-order valence-corrected chi connectivity index (χ3v) is 14.0. The SMILES string of the molecule is COc1ccc(C2C(c3ccccc3)NC3(C(=O)c4ccccc4C3=O)C2C(=O)CC(=O)C2CN(c3ccccc3)C3(C(=O)c4ccccc4C3=O)C2c2ccc(O)c(OC)c2)cc1O. The van der Waals surface area contributed by atoms with Crippen LogP contribution < -0.4 is 19.7 Å². The highest BCUT2D eigenvalue weighted by Gasteiger charge is 2.70. The summed E-state index contributed by atoms with van der Waals surface area (Å²) in [7, 11) is 2.76. The maximum absolute atomic E-state index is 15.7. The van der Waals surface area contributed by atoms with Crippen molar-refractivity contribution in [2.75, 3.05) is 25.7 Å². The summed E-state index contributed by atoms with van der Waals surface area (Å²) in [6.07, 6.45) is -0.796. The smallest absolute Gasteiger partial charge is 0.197 e. The molecular formula is C53H42N2O10. The van der Waals surface area contributed by atoms with Gasteiger partial charge in [-0.1, -0.05) is 109 Å². The number of para-hydroxylation sites is 1. The van der Waals surface area contributed by atoms with Crippen LogP contribution in [-0.2, 0) is 9.59 Å².